The summed E-state index contributed by atoms with van der Waals surface area (Å²) in [6, 6.07) is 6.44. The number of hydrogen-bond acceptors (Lipinski definition) is 3. The minimum absolute atomic E-state index is 0.0864. The molecule has 1 radical (unpaired) electrons. The van der Waals surface area contributed by atoms with Gasteiger partial charge in [-0.2, -0.15) is 13.2 Å². The first-order valence-corrected chi connectivity index (χ1v) is 5.91. The van der Waals surface area contributed by atoms with Crippen molar-refractivity contribution in [1.82, 2.24) is 4.98 Å². The summed E-state index contributed by atoms with van der Waals surface area (Å²) in [5.41, 5.74) is 3.85. The Labute approximate surface area is 122 Å². The maximum absolute atomic E-state index is 13.7. The molecule has 0 saturated carbocycles. The highest BCUT2D eigenvalue weighted by molar-refractivity contribution is 5.67. The summed E-state index contributed by atoms with van der Waals surface area (Å²) >= 11 is 0. The number of hydrogen-bond donors (Lipinski definition) is 1. The predicted molar refractivity (Wildman–Crippen MR) is 68.4 cm³/mol. The number of nitrogens with zero attached hydrogens (tertiary/aromatic N) is 1. The average molecular weight is 313 g/mol. The van der Waals surface area contributed by atoms with Crippen LogP contribution >= 0.6 is 0 Å². The largest absolute Gasteiger partial charge is 0.416 e. The number of halogens is 4. The second-order valence-electron chi connectivity index (χ2n) is 4.20. The van der Waals surface area contributed by atoms with Gasteiger partial charge in [-0.3, -0.25) is 0 Å². The third-order valence-corrected chi connectivity index (χ3v) is 2.58. The molecule has 0 unspecified atom stereocenters. The topological polar surface area (TPSA) is 65.2 Å². The second-order valence-corrected chi connectivity index (χ2v) is 4.20. The quantitative estimate of drug-likeness (QED) is 0.884. The number of amides is 1. The Bertz CT molecular complexity index is 701. The summed E-state index contributed by atoms with van der Waals surface area (Å²) in [5.74, 6) is -1.15. The molecule has 0 aliphatic rings. The van der Waals surface area contributed by atoms with E-state index in [-0.39, 0.29) is 17.1 Å². The lowest BCUT2D eigenvalue weighted by atomic mass is 10.1. The average Bonchev–Trinajstić information content (AvgIpc) is 2.39. The monoisotopic (exact) mass is 313 g/mol. The lowest BCUT2D eigenvalue weighted by Gasteiger charge is -2.09. The van der Waals surface area contributed by atoms with Crippen LogP contribution in [0.15, 0.2) is 36.4 Å². The van der Waals surface area contributed by atoms with Gasteiger partial charge in [-0.25, -0.2) is 14.2 Å². The van der Waals surface area contributed by atoms with Crippen LogP contribution in [0.3, 0.4) is 0 Å². The van der Waals surface area contributed by atoms with Crippen LogP contribution in [0.5, 0.6) is 5.88 Å². The zero-order valence-electron chi connectivity index (χ0n) is 10.9. The van der Waals surface area contributed by atoms with Crippen molar-refractivity contribution >= 4 is 6.09 Å². The fraction of sp³-hybridized carbons (Fsp3) is 0.0714. The summed E-state index contributed by atoms with van der Waals surface area (Å²) in [6.07, 6.45) is -4.47. The number of carbonyl (C=O) groups is 1. The van der Waals surface area contributed by atoms with E-state index in [0.717, 1.165) is 12.1 Å². The summed E-state index contributed by atoms with van der Waals surface area (Å²) < 4.78 is 55.6. The van der Waals surface area contributed by atoms with Gasteiger partial charge in [0.15, 0.2) is 0 Å². The lowest BCUT2D eigenvalue weighted by molar-refractivity contribution is -0.137. The van der Waals surface area contributed by atoms with E-state index in [4.69, 9.17) is 5.73 Å². The molecule has 8 heteroatoms. The van der Waals surface area contributed by atoms with Crippen molar-refractivity contribution < 1.29 is 27.1 Å². The van der Waals surface area contributed by atoms with E-state index in [0.29, 0.717) is 6.07 Å². The van der Waals surface area contributed by atoms with Crippen molar-refractivity contribution in [3.63, 3.8) is 0 Å². The van der Waals surface area contributed by atoms with Crippen molar-refractivity contribution in [2.75, 3.05) is 0 Å². The molecule has 0 atom stereocenters. The molecule has 22 heavy (non-hydrogen) atoms. The van der Waals surface area contributed by atoms with Gasteiger partial charge in [0, 0.05) is 12.5 Å². The first-order valence-electron chi connectivity index (χ1n) is 5.91. The van der Waals surface area contributed by atoms with Gasteiger partial charge in [0.2, 0.25) is 5.88 Å². The molecule has 2 rings (SSSR count). The Morgan fingerprint density at radius 2 is 1.95 bits per heavy atom. The van der Waals surface area contributed by atoms with Crippen molar-refractivity contribution in [2.24, 2.45) is 5.73 Å². The van der Waals surface area contributed by atoms with Crippen LogP contribution < -0.4 is 10.5 Å². The summed E-state index contributed by atoms with van der Waals surface area (Å²) in [7, 11) is 0. The molecule has 115 valence electrons. The number of pyridine rings is 1. The number of aromatic nitrogens is 1. The van der Waals surface area contributed by atoms with Gasteiger partial charge in [0.05, 0.1) is 11.3 Å². The van der Waals surface area contributed by atoms with Crippen molar-refractivity contribution in [3.05, 3.63) is 65.5 Å². The van der Waals surface area contributed by atoms with Crippen LogP contribution in [0.2, 0.25) is 0 Å². The highest BCUT2D eigenvalue weighted by atomic mass is 19.4. The van der Waals surface area contributed by atoms with Crippen LogP contribution in [-0.2, 0) is 6.18 Å². The standard InChI is InChI=1S/C14H9F4N2O2/c15-11-7-9(14(16,17)18)5-4-8(11)6-10-2-1-3-12(20-10)22-13(19)21/h1-7H,(H2,19,21). The fourth-order valence-electron chi connectivity index (χ4n) is 1.65. The van der Waals surface area contributed by atoms with E-state index in [9.17, 15) is 22.4 Å². The SMILES string of the molecule is NC(=O)Oc1cccc([CH]c2ccc(C(F)(F)F)cc2F)n1. The van der Waals surface area contributed by atoms with Gasteiger partial charge in [0.25, 0.3) is 0 Å². The van der Waals surface area contributed by atoms with Crippen molar-refractivity contribution in [2.45, 2.75) is 6.18 Å². The number of ether oxygens (including phenoxy) is 1. The van der Waals surface area contributed by atoms with E-state index < -0.39 is 23.7 Å². The molecular weight excluding hydrogens is 304 g/mol. The van der Waals surface area contributed by atoms with Crippen LogP contribution in [-0.4, -0.2) is 11.1 Å². The normalized spacial score (nSPS) is 11.3. The van der Waals surface area contributed by atoms with Crippen molar-refractivity contribution in [3.8, 4) is 5.88 Å². The Kier molecular flexibility index (Phi) is 4.30. The van der Waals surface area contributed by atoms with Gasteiger partial charge < -0.3 is 10.5 Å². The van der Waals surface area contributed by atoms with Crippen LogP contribution in [0.4, 0.5) is 22.4 Å². The molecule has 0 fully saturated rings. The summed E-state index contributed by atoms with van der Waals surface area (Å²) in [5, 5.41) is 0. The zero-order valence-corrected chi connectivity index (χ0v) is 10.9. The number of carbonyl (C=O) groups excluding carboxylic acids is 1. The Balaban J connectivity index is 2.22. The van der Waals surface area contributed by atoms with Crippen molar-refractivity contribution in [1.29, 1.82) is 0 Å². The highest BCUT2D eigenvalue weighted by Gasteiger charge is 2.31. The molecule has 2 aromatic rings. The van der Waals surface area contributed by atoms with Gasteiger partial charge in [0.1, 0.15) is 5.82 Å². The molecule has 1 heterocycles. The molecule has 0 aliphatic carbocycles. The zero-order chi connectivity index (χ0) is 16.3. The summed E-state index contributed by atoms with van der Waals surface area (Å²) in [4.78, 5) is 14.5. The molecule has 0 saturated heterocycles. The minimum Gasteiger partial charge on any atom is -0.391 e. The number of benzene rings is 1. The Hall–Kier alpha value is -2.64. The van der Waals surface area contributed by atoms with E-state index in [1.165, 1.54) is 24.6 Å². The highest BCUT2D eigenvalue weighted by Crippen LogP contribution is 2.30. The van der Waals surface area contributed by atoms with Crippen LogP contribution in [0.25, 0.3) is 0 Å². The molecule has 4 nitrogen and oxygen atoms in total. The number of primary amides is 1. The van der Waals surface area contributed by atoms with E-state index in [1.807, 2.05) is 0 Å². The molecule has 0 spiro atoms. The Morgan fingerprint density at radius 1 is 1.23 bits per heavy atom. The van der Waals surface area contributed by atoms with E-state index >= 15 is 0 Å². The first-order chi connectivity index (χ1) is 10.3. The molecule has 1 amide bonds. The summed E-state index contributed by atoms with van der Waals surface area (Å²) in [6.45, 7) is 0. The minimum atomic E-state index is -4.62. The van der Waals surface area contributed by atoms with Gasteiger partial charge >= 0.3 is 12.3 Å². The molecule has 1 aromatic heterocycles. The van der Waals surface area contributed by atoms with Crippen LogP contribution in [0, 0.1) is 12.2 Å². The lowest BCUT2D eigenvalue weighted by Crippen LogP contribution is -2.17. The maximum Gasteiger partial charge on any atom is 0.416 e. The van der Waals surface area contributed by atoms with Crippen LogP contribution in [0.1, 0.15) is 16.8 Å². The number of alkyl halides is 3. The Morgan fingerprint density at radius 3 is 2.55 bits per heavy atom. The van der Waals surface area contributed by atoms with Gasteiger partial charge in [-0.05, 0) is 23.8 Å². The van der Waals surface area contributed by atoms with E-state index in [2.05, 4.69) is 9.72 Å². The number of rotatable bonds is 3. The molecule has 1 aromatic carbocycles. The second kappa shape index (κ2) is 6.00. The third kappa shape index (κ3) is 3.94. The van der Waals surface area contributed by atoms with E-state index in [1.54, 1.807) is 0 Å². The fourth-order valence-corrected chi connectivity index (χ4v) is 1.65. The maximum atomic E-state index is 13.7. The smallest absolute Gasteiger partial charge is 0.391 e. The van der Waals surface area contributed by atoms with Gasteiger partial charge in [-0.15, -0.1) is 0 Å². The molecular formula is C14H9F4N2O2. The predicted octanol–water partition coefficient (Wildman–Crippen LogP) is 3.30. The van der Waals surface area contributed by atoms with Gasteiger partial charge in [-0.1, -0.05) is 12.1 Å². The molecule has 2 N–H and O–H groups in total. The number of nitrogens with two attached hydrogens (primary N) is 1. The molecule has 0 bridgehead atoms. The molecule has 0 aliphatic heterocycles. The first kappa shape index (κ1) is 15.7. The third-order valence-electron chi connectivity index (χ3n) is 2.58.